The Hall–Kier alpha value is -3.52. The summed E-state index contributed by atoms with van der Waals surface area (Å²) in [5.41, 5.74) is 5.04. The lowest BCUT2D eigenvalue weighted by Crippen LogP contribution is -2.36. The number of aryl methyl sites for hydroxylation is 1. The van der Waals surface area contributed by atoms with Crippen LogP contribution in [0.5, 0.6) is 0 Å². The van der Waals surface area contributed by atoms with Crippen LogP contribution in [0.1, 0.15) is 24.2 Å². The molecule has 1 aliphatic rings. The van der Waals surface area contributed by atoms with Gasteiger partial charge in [0.05, 0.1) is 11.4 Å². The SMILES string of the molecule is C=CCn1c(C)cc(-c2csc(NC(=O)C3=NN(c4ccccc4)C(=O)CC3)n2)c1C. The Balaban J connectivity index is 1.52. The van der Waals surface area contributed by atoms with Crippen molar-refractivity contribution in [2.75, 3.05) is 10.3 Å². The molecule has 0 atom stereocenters. The third-order valence-corrected chi connectivity index (χ3v) is 5.94. The van der Waals surface area contributed by atoms with Crippen LogP contribution in [0.15, 0.2) is 59.5 Å². The second-order valence-electron chi connectivity index (χ2n) is 7.26. The van der Waals surface area contributed by atoms with Gasteiger partial charge < -0.3 is 4.57 Å². The lowest BCUT2D eigenvalue weighted by molar-refractivity contribution is -0.118. The summed E-state index contributed by atoms with van der Waals surface area (Å²) in [6.45, 7) is 8.65. The van der Waals surface area contributed by atoms with Gasteiger partial charge in [-0.15, -0.1) is 17.9 Å². The molecule has 0 fully saturated rings. The summed E-state index contributed by atoms with van der Waals surface area (Å²) in [6.07, 6.45) is 2.40. The number of allylic oxidation sites excluding steroid dienone is 1. The Kier molecular flexibility index (Phi) is 5.81. The fourth-order valence-corrected chi connectivity index (χ4v) is 4.29. The van der Waals surface area contributed by atoms with Gasteiger partial charge >= 0.3 is 0 Å². The zero-order valence-electron chi connectivity index (χ0n) is 17.5. The summed E-state index contributed by atoms with van der Waals surface area (Å²) in [7, 11) is 0. The number of anilines is 2. The summed E-state index contributed by atoms with van der Waals surface area (Å²) in [4.78, 5) is 29.6. The predicted molar refractivity (Wildman–Crippen MR) is 124 cm³/mol. The van der Waals surface area contributed by atoms with E-state index in [9.17, 15) is 9.59 Å². The number of hydrogen-bond donors (Lipinski definition) is 1. The molecule has 8 heteroatoms. The molecular weight excluding hydrogens is 410 g/mol. The number of aromatic nitrogens is 2. The molecule has 3 heterocycles. The topological polar surface area (TPSA) is 79.6 Å². The van der Waals surface area contributed by atoms with Gasteiger partial charge in [-0.2, -0.15) is 5.10 Å². The van der Waals surface area contributed by atoms with Crippen molar-refractivity contribution < 1.29 is 9.59 Å². The van der Waals surface area contributed by atoms with Gasteiger partial charge in [-0.1, -0.05) is 24.3 Å². The van der Waals surface area contributed by atoms with Crippen molar-refractivity contribution in [1.82, 2.24) is 9.55 Å². The van der Waals surface area contributed by atoms with Crippen molar-refractivity contribution >= 4 is 39.7 Å². The van der Waals surface area contributed by atoms with E-state index in [4.69, 9.17) is 0 Å². The van der Waals surface area contributed by atoms with Gasteiger partial charge in [0, 0.05) is 41.7 Å². The molecule has 1 N–H and O–H groups in total. The van der Waals surface area contributed by atoms with Crippen LogP contribution in [0.2, 0.25) is 0 Å². The predicted octanol–water partition coefficient (Wildman–Crippen LogP) is 4.54. The van der Waals surface area contributed by atoms with Gasteiger partial charge in [0.1, 0.15) is 5.71 Å². The Morgan fingerprint density at radius 2 is 2.03 bits per heavy atom. The fraction of sp³-hybridized carbons (Fsp3) is 0.217. The van der Waals surface area contributed by atoms with E-state index in [1.807, 2.05) is 29.7 Å². The second-order valence-corrected chi connectivity index (χ2v) is 8.12. The van der Waals surface area contributed by atoms with E-state index in [0.29, 0.717) is 23.0 Å². The molecule has 0 saturated carbocycles. The average molecular weight is 434 g/mol. The molecule has 0 bridgehead atoms. The Morgan fingerprint density at radius 1 is 1.26 bits per heavy atom. The van der Waals surface area contributed by atoms with Gasteiger partial charge in [-0.3, -0.25) is 14.9 Å². The summed E-state index contributed by atoms with van der Waals surface area (Å²) in [5.74, 6) is -0.472. The molecule has 0 spiro atoms. The third kappa shape index (κ3) is 4.20. The highest BCUT2D eigenvalue weighted by atomic mass is 32.1. The van der Waals surface area contributed by atoms with Crippen LogP contribution < -0.4 is 10.3 Å². The number of nitrogens with zero attached hydrogens (tertiary/aromatic N) is 4. The van der Waals surface area contributed by atoms with Crippen LogP contribution in [-0.2, 0) is 16.1 Å². The van der Waals surface area contributed by atoms with E-state index < -0.39 is 0 Å². The average Bonchev–Trinajstić information content (AvgIpc) is 3.34. The number of hydrazone groups is 1. The van der Waals surface area contributed by atoms with Gasteiger partial charge in [0.15, 0.2) is 5.13 Å². The molecule has 0 saturated heterocycles. The minimum absolute atomic E-state index is 0.130. The maximum atomic E-state index is 12.8. The molecule has 158 valence electrons. The molecule has 3 aromatic rings. The number of para-hydroxylation sites is 1. The van der Waals surface area contributed by atoms with Crippen LogP contribution in [0, 0.1) is 13.8 Å². The maximum absolute atomic E-state index is 12.8. The molecular formula is C23H23N5O2S. The van der Waals surface area contributed by atoms with Crippen molar-refractivity contribution in [2.45, 2.75) is 33.2 Å². The van der Waals surface area contributed by atoms with E-state index in [1.54, 1.807) is 12.1 Å². The van der Waals surface area contributed by atoms with Gasteiger partial charge in [-0.05, 0) is 32.0 Å². The zero-order chi connectivity index (χ0) is 22.0. The number of benzene rings is 1. The molecule has 2 amide bonds. The van der Waals surface area contributed by atoms with E-state index >= 15 is 0 Å². The first-order valence-electron chi connectivity index (χ1n) is 9.98. The normalized spacial score (nSPS) is 13.8. The van der Waals surface area contributed by atoms with Crippen molar-refractivity contribution in [3.8, 4) is 11.3 Å². The molecule has 31 heavy (non-hydrogen) atoms. The summed E-state index contributed by atoms with van der Waals surface area (Å²) < 4.78 is 2.17. The molecule has 0 radical (unpaired) electrons. The number of nitrogens with one attached hydrogen (secondary N) is 1. The summed E-state index contributed by atoms with van der Waals surface area (Å²) in [6, 6.07) is 11.2. The van der Waals surface area contributed by atoms with Crippen LogP contribution in [-0.4, -0.2) is 27.1 Å². The standard InChI is InChI=1S/C23H23N5O2S/c1-4-12-27-15(2)13-18(16(27)3)20-14-31-23(24-20)25-22(30)19-10-11-21(29)28(26-19)17-8-6-5-7-9-17/h4-9,13-14H,1,10-12H2,2-3H3,(H,24,25,30). The number of amides is 2. The zero-order valence-corrected chi connectivity index (χ0v) is 18.3. The Morgan fingerprint density at radius 3 is 2.77 bits per heavy atom. The smallest absolute Gasteiger partial charge is 0.273 e. The van der Waals surface area contributed by atoms with Crippen molar-refractivity contribution in [3.05, 3.63) is 65.8 Å². The number of thiazole rings is 1. The molecule has 0 aliphatic carbocycles. The lowest BCUT2D eigenvalue weighted by atomic mass is 10.1. The van der Waals surface area contributed by atoms with Gasteiger partial charge in [-0.25, -0.2) is 9.99 Å². The molecule has 1 aliphatic heterocycles. The maximum Gasteiger partial charge on any atom is 0.273 e. The first-order chi connectivity index (χ1) is 15.0. The van der Waals surface area contributed by atoms with Crippen molar-refractivity contribution in [1.29, 1.82) is 0 Å². The minimum atomic E-state index is -0.341. The van der Waals surface area contributed by atoms with E-state index in [-0.39, 0.29) is 18.2 Å². The summed E-state index contributed by atoms with van der Waals surface area (Å²) in [5, 5.41) is 10.8. The second kappa shape index (κ2) is 8.69. The van der Waals surface area contributed by atoms with Gasteiger partial charge in [0.25, 0.3) is 5.91 Å². The van der Waals surface area contributed by atoms with Crippen LogP contribution >= 0.6 is 11.3 Å². The summed E-state index contributed by atoms with van der Waals surface area (Å²) >= 11 is 1.36. The molecule has 4 rings (SSSR count). The molecule has 2 aromatic heterocycles. The number of rotatable bonds is 6. The Labute approximate surface area is 184 Å². The van der Waals surface area contributed by atoms with E-state index in [1.165, 1.54) is 16.3 Å². The van der Waals surface area contributed by atoms with E-state index in [0.717, 1.165) is 29.2 Å². The largest absolute Gasteiger partial charge is 0.345 e. The molecule has 1 aromatic carbocycles. The molecule has 7 nitrogen and oxygen atoms in total. The highest BCUT2D eigenvalue weighted by Gasteiger charge is 2.26. The Bertz CT molecular complexity index is 1180. The first-order valence-corrected chi connectivity index (χ1v) is 10.9. The fourth-order valence-electron chi connectivity index (χ4n) is 3.58. The van der Waals surface area contributed by atoms with Crippen molar-refractivity contribution in [3.63, 3.8) is 0 Å². The third-order valence-electron chi connectivity index (χ3n) is 5.18. The van der Waals surface area contributed by atoms with E-state index in [2.05, 4.69) is 46.5 Å². The number of hydrogen-bond acceptors (Lipinski definition) is 5. The van der Waals surface area contributed by atoms with Gasteiger partial charge in [0.2, 0.25) is 5.91 Å². The number of carbonyl (C=O) groups is 2. The lowest BCUT2D eigenvalue weighted by Gasteiger charge is -2.22. The quantitative estimate of drug-likeness (QED) is 0.580. The van der Waals surface area contributed by atoms with Crippen LogP contribution in [0.25, 0.3) is 11.3 Å². The highest BCUT2D eigenvalue weighted by molar-refractivity contribution is 7.14. The monoisotopic (exact) mass is 433 g/mol. The van der Waals surface area contributed by atoms with Crippen LogP contribution in [0.4, 0.5) is 10.8 Å². The molecule has 0 unspecified atom stereocenters. The highest BCUT2D eigenvalue weighted by Crippen LogP contribution is 2.30. The van der Waals surface area contributed by atoms with Crippen LogP contribution in [0.3, 0.4) is 0 Å². The van der Waals surface area contributed by atoms with Crippen molar-refractivity contribution in [2.24, 2.45) is 5.10 Å². The number of carbonyl (C=O) groups excluding carboxylic acids is 2. The minimum Gasteiger partial charge on any atom is -0.345 e. The first kappa shape index (κ1) is 20.7.